The van der Waals surface area contributed by atoms with Gasteiger partial charge in [-0.15, -0.1) is 0 Å². The maximum Gasteiger partial charge on any atom is 0.235 e. The highest BCUT2D eigenvalue weighted by molar-refractivity contribution is 5.36. The maximum atomic E-state index is 10.2. The van der Waals surface area contributed by atoms with Crippen molar-refractivity contribution >= 4 is 6.08 Å². The summed E-state index contributed by atoms with van der Waals surface area (Å²) >= 11 is 0. The van der Waals surface area contributed by atoms with Crippen molar-refractivity contribution in [2.45, 2.75) is 39.7 Å². The third-order valence-corrected chi connectivity index (χ3v) is 2.87. The van der Waals surface area contributed by atoms with Gasteiger partial charge in [0.15, 0.2) is 0 Å². The minimum Gasteiger partial charge on any atom is -0.211 e. The van der Waals surface area contributed by atoms with Gasteiger partial charge in [0.2, 0.25) is 6.08 Å². The molecule has 0 saturated heterocycles. The van der Waals surface area contributed by atoms with Gasteiger partial charge in [-0.2, -0.15) is 4.99 Å². The van der Waals surface area contributed by atoms with Gasteiger partial charge < -0.3 is 0 Å². The molecule has 72 valence electrons. The van der Waals surface area contributed by atoms with Crippen LogP contribution in [0.25, 0.3) is 0 Å². The molecule has 1 aliphatic rings. The molecule has 0 aromatic carbocycles. The van der Waals surface area contributed by atoms with Crippen molar-refractivity contribution in [1.29, 1.82) is 0 Å². The molecule has 2 nitrogen and oxygen atoms in total. The SMILES string of the molecule is C=C1C(C)CC(C)(C)CC1N=C=O. The van der Waals surface area contributed by atoms with Crippen LogP contribution in [0, 0.1) is 11.3 Å². The Hall–Kier alpha value is -0.880. The second-order valence-corrected chi connectivity index (χ2v) is 4.78. The van der Waals surface area contributed by atoms with Crippen LogP contribution >= 0.6 is 0 Å². The van der Waals surface area contributed by atoms with Crippen molar-refractivity contribution in [2.24, 2.45) is 16.3 Å². The lowest BCUT2D eigenvalue weighted by Gasteiger charge is -2.38. The second-order valence-electron chi connectivity index (χ2n) is 4.78. The zero-order valence-electron chi connectivity index (χ0n) is 8.63. The Morgan fingerprint density at radius 2 is 2.15 bits per heavy atom. The first-order chi connectivity index (χ1) is 5.96. The largest absolute Gasteiger partial charge is 0.235 e. The van der Waals surface area contributed by atoms with E-state index in [2.05, 4.69) is 32.3 Å². The predicted molar refractivity (Wildman–Crippen MR) is 53.2 cm³/mol. The van der Waals surface area contributed by atoms with E-state index in [0.29, 0.717) is 5.92 Å². The monoisotopic (exact) mass is 179 g/mol. The van der Waals surface area contributed by atoms with E-state index in [1.54, 1.807) is 6.08 Å². The van der Waals surface area contributed by atoms with Gasteiger partial charge in [0.25, 0.3) is 0 Å². The summed E-state index contributed by atoms with van der Waals surface area (Å²) < 4.78 is 0. The Morgan fingerprint density at radius 3 is 2.69 bits per heavy atom. The maximum absolute atomic E-state index is 10.2. The highest BCUT2D eigenvalue weighted by atomic mass is 16.1. The van der Waals surface area contributed by atoms with Gasteiger partial charge in [-0.25, -0.2) is 4.79 Å². The second kappa shape index (κ2) is 3.47. The fraction of sp³-hybridized carbons (Fsp3) is 0.727. The van der Waals surface area contributed by atoms with E-state index in [4.69, 9.17) is 0 Å². The van der Waals surface area contributed by atoms with Crippen LogP contribution in [-0.2, 0) is 4.79 Å². The first-order valence-corrected chi connectivity index (χ1v) is 4.72. The topological polar surface area (TPSA) is 29.4 Å². The Labute approximate surface area is 79.8 Å². The molecule has 0 amide bonds. The number of aliphatic imine (C=N–C) groups is 1. The zero-order valence-corrected chi connectivity index (χ0v) is 8.63. The van der Waals surface area contributed by atoms with E-state index in [1.165, 1.54) is 0 Å². The van der Waals surface area contributed by atoms with Crippen LogP contribution in [0.1, 0.15) is 33.6 Å². The van der Waals surface area contributed by atoms with E-state index in [0.717, 1.165) is 18.4 Å². The number of nitrogens with zero attached hydrogens (tertiary/aromatic N) is 1. The first kappa shape index (κ1) is 10.2. The molecule has 2 unspecified atom stereocenters. The van der Waals surface area contributed by atoms with Crippen LogP contribution in [-0.4, -0.2) is 12.1 Å². The molecule has 1 aliphatic carbocycles. The smallest absolute Gasteiger partial charge is 0.211 e. The minimum atomic E-state index is -0.00347. The highest BCUT2D eigenvalue weighted by Crippen LogP contribution is 2.41. The average molecular weight is 179 g/mol. The Bertz CT molecular complexity index is 261. The first-order valence-electron chi connectivity index (χ1n) is 4.72. The highest BCUT2D eigenvalue weighted by Gasteiger charge is 2.34. The molecule has 13 heavy (non-hydrogen) atoms. The number of hydrogen-bond acceptors (Lipinski definition) is 2. The summed E-state index contributed by atoms with van der Waals surface area (Å²) in [5.74, 6) is 0.464. The quantitative estimate of drug-likeness (QED) is 0.346. The molecule has 2 heteroatoms. The van der Waals surface area contributed by atoms with Crippen molar-refractivity contribution < 1.29 is 4.79 Å². The third-order valence-electron chi connectivity index (χ3n) is 2.87. The van der Waals surface area contributed by atoms with Crippen LogP contribution < -0.4 is 0 Å². The van der Waals surface area contributed by atoms with E-state index in [9.17, 15) is 4.79 Å². The van der Waals surface area contributed by atoms with Gasteiger partial charge in [0.05, 0.1) is 6.04 Å². The fourth-order valence-electron chi connectivity index (χ4n) is 2.22. The van der Waals surface area contributed by atoms with Crippen molar-refractivity contribution in [3.05, 3.63) is 12.2 Å². The Balaban J connectivity index is 2.84. The zero-order chi connectivity index (χ0) is 10.1. The van der Waals surface area contributed by atoms with Gasteiger partial charge in [0, 0.05) is 0 Å². The van der Waals surface area contributed by atoms with Crippen LogP contribution in [0.3, 0.4) is 0 Å². The number of carbonyl (C=O) groups excluding carboxylic acids is 1. The number of hydrogen-bond donors (Lipinski definition) is 0. The molecule has 1 rings (SSSR count). The normalized spacial score (nSPS) is 32.4. The molecular weight excluding hydrogens is 162 g/mol. The van der Waals surface area contributed by atoms with Crippen LogP contribution in [0.5, 0.6) is 0 Å². The van der Waals surface area contributed by atoms with E-state index >= 15 is 0 Å². The van der Waals surface area contributed by atoms with Gasteiger partial charge in [0.1, 0.15) is 0 Å². The van der Waals surface area contributed by atoms with Crippen LogP contribution in [0.15, 0.2) is 17.1 Å². The lowest BCUT2D eigenvalue weighted by molar-refractivity contribution is 0.219. The number of rotatable bonds is 1. The van der Waals surface area contributed by atoms with Crippen molar-refractivity contribution in [3.63, 3.8) is 0 Å². The summed E-state index contributed by atoms with van der Waals surface area (Å²) in [5.41, 5.74) is 1.36. The summed E-state index contributed by atoms with van der Waals surface area (Å²) in [6.45, 7) is 10.6. The molecule has 0 bridgehead atoms. The van der Waals surface area contributed by atoms with Gasteiger partial charge in [-0.3, -0.25) is 0 Å². The van der Waals surface area contributed by atoms with Gasteiger partial charge in [-0.1, -0.05) is 27.4 Å². The summed E-state index contributed by atoms with van der Waals surface area (Å²) in [5, 5.41) is 0. The summed E-state index contributed by atoms with van der Waals surface area (Å²) in [4.78, 5) is 14.0. The number of isocyanates is 1. The standard InChI is InChI=1S/C11H17NO/c1-8-5-11(3,4)6-10(9(8)2)12-7-13/h8,10H,2,5-6H2,1,3-4H3. The van der Waals surface area contributed by atoms with Crippen molar-refractivity contribution in [3.8, 4) is 0 Å². The molecule has 0 aromatic heterocycles. The molecule has 1 fully saturated rings. The van der Waals surface area contributed by atoms with E-state index in [1.807, 2.05) is 0 Å². The lowest BCUT2D eigenvalue weighted by Crippen LogP contribution is -2.31. The summed E-state index contributed by atoms with van der Waals surface area (Å²) in [6.07, 6.45) is 3.70. The Kier molecular flexibility index (Phi) is 2.72. The molecule has 0 heterocycles. The van der Waals surface area contributed by atoms with Gasteiger partial charge in [-0.05, 0) is 29.7 Å². The molecule has 1 saturated carbocycles. The molecule has 0 aliphatic heterocycles. The summed E-state index contributed by atoms with van der Waals surface area (Å²) in [7, 11) is 0. The lowest BCUT2D eigenvalue weighted by atomic mass is 9.69. The van der Waals surface area contributed by atoms with E-state index in [-0.39, 0.29) is 11.5 Å². The van der Waals surface area contributed by atoms with Crippen LogP contribution in [0.2, 0.25) is 0 Å². The third kappa shape index (κ3) is 2.28. The molecule has 0 spiro atoms. The molecule has 0 radical (unpaired) electrons. The minimum absolute atomic E-state index is 0.00347. The van der Waals surface area contributed by atoms with Crippen molar-refractivity contribution in [1.82, 2.24) is 0 Å². The average Bonchev–Trinajstić information content (AvgIpc) is 1.99. The Morgan fingerprint density at radius 1 is 1.54 bits per heavy atom. The van der Waals surface area contributed by atoms with Crippen LogP contribution in [0.4, 0.5) is 0 Å². The molecule has 0 N–H and O–H groups in total. The molecule has 0 aromatic rings. The summed E-state index contributed by atoms with van der Waals surface area (Å²) in [6, 6.07) is -0.00347. The van der Waals surface area contributed by atoms with Gasteiger partial charge >= 0.3 is 0 Å². The predicted octanol–water partition coefficient (Wildman–Crippen LogP) is 2.70. The molecular formula is C11H17NO. The fourth-order valence-corrected chi connectivity index (χ4v) is 2.22. The molecule has 2 atom stereocenters. The van der Waals surface area contributed by atoms with Crippen molar-refractivity contribution in [2.75, 3.05) is 0 Å². The van der Waals surface area contributed by atoms with E-state index < -0.39 is 0 Å².